The number of fused-ring (bicyclic) bond motifs is 1. The third-order valence-electron chi connectivity index (χ3n) is 4.74. The maximum Gasteiger partial charge on any atom is 0.281 e. The van der Waals surface area contributed by atoms with Crippen molar-refractivity contribution in [2.75, 3.05) is 11.5 Å². The van der Waals surface area contributed by atoms with Gasteiger partial charge in [-0.2, -0.15) is 0 Å². The van der Waals surface area contributed by atoms with E-state index in [9.17, 15) is 4.79 Å². The first kappa shape index (κ1) is 18.3. The molecule has 0 aliphatic carbocycles. The molecule has 28 heavy (non-hydrogen) atoms. The highest BCUT2D eigenvalue weighted by Gasteiger charge is 2.32. The number of nitrogens with zero attached hydrogens (tertiary/aromatic N) is 2. The Hall–Kier alpha value is -3.12. The van der Waals surface area contributed by atoms with Crippen molar-refractivity contribution in [2.24, 2.45) is 0 Å². The zero-order chi connectivity index (χ0) is 19.7. The molecule has 5 nitrogen and oxygen atoms in total. The van der Waals surface area contributed by atoms with Crippen molar-refractivity contribution in [3.8, 4) is 5.75 Å². The highest BCUT2D eigenvalue weighted by molar-refractivity contribution is 7.80. The van der Waals surface area contributed by atoms with Gasteiger partial charge >= 0.3 is 0 Å². The lowest BCUT2D eigenvalue weighted by Crippen LogP contribution is -2.30. The van der Waals surface area contributed by atoms with Gasteiger partial charge in [0.15, 0.2) is 5.11 Å². The first-order valence-electron chi connectivity index (χ1n) is 9.30. The number of carbonyl (C=O) groups is 1. The predicted octanol–water partition coefficient (Wildman–Crippen LogP) is 4.32. The van der Waals surface area contributed by atoms with Crippen LogP contribution in [0.4, 0.5) is 5.69 Å². The van der Waals surface area contributed by atoms with Gasteiger partial charge in [0.25, 0.3) is 5.91 Å². The average Bonchev–Trinajstić information content (AvgIpc) is 3.20. The quantitative estimate of drug-likeness (QED) is 0.520. The third kappa shape index (κ3) is 3.16. The Morgan fingerprint density at radius 3 is 2.57 bits per heavy atom. The number of thiocarbonyl (C=S) groups is 1. The Balaban J connectivity index is 1.67. The minimum absolute atomic E-state index is 0.164. The fourth-order valence-corrected chi connectivity index (χ4v) is 3.73. The van der Waals surface area contributed by atoms with Crippen molar-refractivity contribution in [1.29, 1.82) is 0 Å². The van der Waals surface area contributed by atoms with Gasteiger partial charge in [-0.1, -0.05) is 18.2 Å². The van der Waals surface area contributed by atoms with E-state index < -0.39 is 0 Å². The first-order chi connectivity index (χ1) is 13.6. The summed E-state index contributed by atoms with van der Waals surface area (Å²) in [5.41, 5.74) is 3.32. The summed E-state index contributed by atoms with van der Waals surface area (Å²) in [6.45, 7) is 5.50. The molecular weight excluding hydrogens is 370 g/mol. The van der Waals surface area contributed by atoms with Gasteiger partial charge in [-0.05, 0) is 62.5 Å². The van der Waals surface area contributed by atoms with Gasteiger partial charge in [0.05, 0.1) is 12.3 Å². The highest BCUT2D eigenvalue weighted by Crippen LogP contribution is 2.27. The molecule has 0 saturated carbocycles. The number of ether oxygens (including phenoxy) is 1. The SMILES string of the molecule is CCOc1ccc(N2C(=O)/C(=C/c3cn(CC)c4ccccc34)NC2=S)cc1. The number of amides is 1. The van der Waals surface area contributed by atoms with Gasteiger partial charge in [-0.25, -0.2) is 0 Å². The number of aromatic nitrogens is 1. The molecule has 0 spiro atoms. The lowest BCUT2D eigenvalue weighted by atomic mass is 10.1. The Labute approximate surface area is 169 Å². The van der Waals surface area contributed by atoms with Crippen molar-refractivity contribution in [2.45, 2.75) is 20.4 Å². The molecule has 1 fully saturated rings. The normalized spacial score (nSPS) is 15.5. The lowest BCUT2D eigenvalue weighted by Gasteiger charge is -2.14. The second-order valence-electron chi connectivity index (χ2n) is 6.44. The molecule has 2 heterocycles. The summed E-state index contributed by atoms with van der Waals surface area (Å²) in [6.07, 6.45) is 3.94. The molecule has 4 rings (SSSR count). The molecule has 1 N–H and O–H groups in total. The van der Waals surface area contributed by atoms with Crippen molar-refractivity contribution in [3.05, 3.63) is 66.0 Å². The molecule has 0 atom stereocenters. The summed E-state index contributed by atoms with van der Waals surface area (Å²) in [4.78, 5) is 14.5. The number of rotatable bonds is 5. The Morgan fingerprint density at radius 2 is 1.86 bits per heavy atom. The zero-order valence-electron chi connectivity index (χ0n) is 15.8. The number of benzene rings is 2. The number of anilines is 1. The molecule has 0 radical (unpaired) electrons. The maximum atomic E-state index is 13.0. The fraction of sp³-hybridized carbons (Fsp3) is 0.182. The largest absolute Gasteiger partial charge is 0.494 e. The number of hydrogen-bond acceptors (Lipinski definition) is 3. The highest BCUT2D eigenvalue weighted by atomic mass is 32.1. The first-order valence-corrected chi connectivity index (χ1v) is 9.71. The zero-order valence-corrected chi connectivity index (χ0v) is 16.6. The van der Waals surface area contributed by atoms with E-state index in [1.165, 1.54) is 4.90 Å². The maximum absolute atomic E-state index is 13.0. The van der Waals surface area contributed by atoms with E-state index in [2.05, 4.69) is 35.1 Å². The Bertz CT molecular complexity index is 1080. The van der Waals surface area contributed by atoms with E-state index in [0.29, 0.717) is 23.1 Å². The molecule has 142 valence electrons. The number of aryl methyl sites for hydroxylation is 1. The van der Waals surface area contributed by atoms with E-state index in [4.69, 9.17) is 17.0 Å². The van der Waals surface area contributed by atoms with Crippen molar-refractivity contribution < 1.29 is 9.53 Å². The topological polar surface area (TPSA) is 46.5 Å². The van der Waals surface area contributed by atoms with Crippen LogP contribution in [0, 0.1) is 0 Å². The van der Waals surface area contributed by atoms with Gasteiger partial charge in [-0.15, -0.1) is 0 Å². The van der Waals surface area contributed by atoms with Gasteiger partial charge in [0.2, 0.25) is 0 Å². The molecule has 1 aliphatic rings. The number of carbonyl (C=O) groups excluding carboxylic acids is 1. The molecule has 1 aromatic heterocycles. The number of nitrogens with one attached hydrogen (secondary N) is 1. The van der Waals surface area contributed by atoms with E-state index in [1.807, 2.05) is 49.4 Å². The molecule has 1 amide bonds. The van der Waals surface area contributed by atoms with Crippen molar-refractivity contribution in [3.63, 3.8) is 0 Å². The van der Waals surface area contributed by atoms with Crippen LogP contribution >= 0.6 is 12.2 Å². The van der Waals surface area contributed by atoms with Crippen LogP contribution in [0.1, 0.15) is 19.4 Å². The van der Waals surface area contributed by atoms with E-state index >= 15 is 0 Å². The van der Waals surface area contributed by atoms with Crippen LogP contribution < -0.4 is 15.0 Å². The smallest absolute Gasteiger partial charge is 0.281 e. The fourth-order valence-electron chi connectivity index (χ4n) is 3.44. The minimum Gasteiger partial charge on any atom is -0.494 e. The summed E-state index contributed by atoms with van der Waals surface area (Å²) in [6, 6.07) is 15.5. The van der Waals surface area contributed by atoms with Crippen molar-refractivity contribution in [1.82, 2.24) is 9.88 Å². The van der Waals surface area contributed by atoms with Crippen LogP contribution in [-0.4, -0.2) is 22.2 Å². The van der Waals surface area contributed by atoms with Gasteiger partial charge in [0, 0.05) is 29.2 Å². The van der Waals surface area contributed by atoms with E-state index in [0.717, 1.165) is 28.8 Å². The second-order valence-corrected chi connectivity index (χ2v) is 6.83. The van der Waals surface area contributed by atoms with Crippen LogP contribution in [-0.2, 0) is 11.3 Å². The lowest BCUT2D eigenvalue weighted by molar-refractivity contribution is -0.113. The molecule has 1 saturated heterocycles. The van der Waals surface area contributed by atoms with Crippen LogP contribution in [0.3, 0.4) is 0 Å². The monoisotopic (exact) mass is 391 g/mol. The summed E-state index contributed by atoms with van der Waals surface area (Å²) in [5.74, 6) is 0.599. The van der Waals surface area contributed by atoms with Gasteiger partial charge in [0.1, 0.15) is 11.4 Å². The second kappa shape index (κ2) is 7.48. The minimum atomic E-state index is -0.164. The van der Waals surface area contributed by atoms with Crippen LogP contribution in [0.25, 0.3) is 17.0 Å². The van der Waals surface area contributed by atoms with Gasteiger partial charge in [-0.3, -0.25) is 9.69 Å². The Morgan fingerprint density at radius 1 is 1.11 bits per heavy atom. The summed E-state index contributed by atoms with van der Waals surface area (Å²) in [5, 5.41) is 4.54. The van der Waals surface area contributed by atoms with Crippen molar-refractivity contribution >= 4 is 45.9 Å². The molecular formula is C22H21N3O2S. The predicted molar refractivity (Wildman–Crippen MR) is 116 cm³/mol. The molecule has 2 aromatic carbocycles. The van der Waals surface area contributed by atoms with Gasteiger partial charge < -0.3 is 14.6 Å². The molecule has 3 aromatic rings. The number of para-hydroxylation sites is 1. The van der Waals surface area contributed by atoms with Crippen LogP contribution in [0.5, 0.6) is 5.75 Å². The van der Waals surface area contributed by atoms with E-state index in [-0.39, 0.29) is 5.91 Å². The molecule has 0 unspecified atom stereocenters. The molecule has 1 aliphatic heterocycles. The van der Waals surface area contributed by atoms with Crippen LogP contribution in [0.2, 0.25) is 0 Å². The summed E-state index contributed by atoms with van der Waals surface area (Å²) >= 11 is 5.42. The van der Waals surface area contributed by atoms with E-state index in [1.54, 1.807) is 0 Å². The Kier molecular flexibility index (Phi) is 4.88. The average molecular weight is 391 g/mol. The van der Waals surface area contributed by atoms with Crippen LogP contribution in [0.15, 0.2) is 60.4 Å². The molecule has 6 heteroatoms. The number of hydrogen-bond donors (Lipinski definition) is 1. The summed E-state index contributed by atoms with van der Waals surface area (Å²) in [7, 11) is 0. The third-order valence-corrected chi connectivity index (χ3v) is 5.03. The molecule has 0 bridgehead atoms. The standard InChI is InChI=1S/C22H21N3O2S/c1-3-24-14-15(18-7-5-6-8-20(18)24)13-19-21(26)25(22(28)23-19)16-9-11-17(12-10-16)27-4-2/h5-14H,3-4H2,1-2H3,(H,23,28)/b19-13-. The summed E-state index contributed by atoms with van der Waals surface area (Å²) < 4.78 is 7.64.